The predicted molar refractivity (Wildman–Crippen MR) is 150 cm³/mol. The molecule has 2 atom stereocenters. The Morgan fingerprint density at radius 1 is 0.949 bits per heavy atom. The lowest BCUT2D eigenvalue weighted by Gasteiger charge is -2.59. The molecule has 1 aromatic carbocycles. The molecule has 4 aliphatic carbocycles. The van der Waals surface area contributed by atoms with E-state index in [0.29, 0.717) is 29.4 Å². The Morgan fingerprint density at radius 3 is 2.00 bits per heavy atom. The van der Waals surface area contributed by atoms with E-state index in [-0.39, 0.29) is 29.5 Å². The van der Waals surface area contributed by atoms with Crippen molar-refractivity contribution in [2.75, 3.05) is 39.9 Å². The Morgan fingerprint density at radius 2 is 1.51 bits per heavy atom. The number of thioether (sulfide) groups is 1. The van der Waals surface area contributed by atoms with Gasteiger partial charge in [-0.25, -0.2) is 4.79 Å². The molecule has 0 saturated heterocycles. The van der Waals surface area contributed by atoms with Gasteiger partial charge in [0.25, 0.3) is 11.8 Å². The Hall–Kier alpha value is -2.62. The van der Waals surface area contributed by atoms with E-state index in [1.807, 2.05) is 6.26 Å². The van der Waals surface area contributed by atoms with Crippen LogP contribution in [0.2, 0.25) is 0 Å². The molecule has 1 aromatic rings. The molecule has 4 bridgehead atoms. The standard InChI is InChI=1S/C29H42N2O7S/c1-17(29-13-18-8-19(14-29)10-20(9-18)15-29)30-25(32)16-38-28(34)22(6-7-39-5)31-27(33)21-11-23(35-2)26(37-4)24(12-21)36-3/h11-12,17-20,22H,6-10,13-16H2,1-5H3,(H,30,32)(H,31,33)/t17-,18?,19?,20?,22-,29?/m1/s1. The Bertz CT molecular complexity index is 1000. The van der Waals surface area contributed by atoms with Crippen LogP contribution in [0.1, 0.15) is 62.2 Å². The first-order chi connectivity index (χ1) is 18.7. The lowest BCUT2D eigenvalue weighted by molar-refractivity contribution is -0.151. The first-order valence-electron chi connectivity index (χ1n) is 13.8. The quantitative estimate of drug-likeness (QED) is 0.349. The van der Waals surface area contributed by atoms with Crippen LogP contribution in [-0.2, 0) is 14.3 Å². The van der Waals surface area contributed by atoms with E-state index in [2.05, 4.69) is 17.6 Å². The van der Waals surface area contributed by atoms with Gasteiger partial charge >= 0.3 is 5.97 Å². The third kappa shape index (κ3) is 6.58. The zero-order valence-electron chi connectivity index (χ0n) is 23.7. The van der Waals surface area contributed by atoms with E-state index in [4.69, 9.17) is 18.9 Å². The maximum absolute atomic E-state index is 13.1. The summed E-state index contributed by atoms with van der Waals surface area (Å²) in [5, 5.41) is 5.88. The van der Waals surface area contributed by atoms with Gasteiger partial charge in [0.2, 0.25) is 5.75 Å². The molecule has 2 amide bonds. The van der Waals surface area contributed by atoms with Crippen LogP contribution in [0.15, 0.2) is 12.1 Å². The van der Waals surface area contributed by atoms with E-state index in [0.717, 1.165) is 17.8 Å². The zero-order valence-corrected chi connectivity index (χ0v) is 24.5. The number of hydrogen-bond acceptors (Lipinski definition) is 8. The largest absolute Gasteiger partial charge is 0.493 e. The number of amides is 2. The number of nitrogens with one attached hydrogen (secondary N) is 2. The Kier molecular flexibility index (Phi) is 9.56. The third-order valence-corrected chi connectivity index (χ3v) is 9.50. The van der Waals surface area contributed by atoms with Crippen molar-refractivity contribution in [3.63, 3.8) is 0 Å². The van der Waals surface area contributed by atoms with Crippen LogP contribution in [-0.4, -0.2) is 69.8 Å². The first-order valence-corrected chi connectivity index (χ1v) is 15.2. The number of rotatable bonds is 13. The highest BCUT2D eigenvalue weighted by Crippen LogP contribution is 2.61. The summed E-state index contributed by atoms with van der Waals surface area (Å²) in [5.41, 5.74) is 0.414. The fourth-order valence-corrected chi connectivity index (χ4v) is 7.79. The second-order valence-corrected chi connectivity index (χ2v) is 12.4. The maximum Gasteiger partial charge on any atom is 0.329 e. The minimum absolute atomic E-state index is 0.0455. The maximum atomic E-state index is 13.1. The molecule has 5 rings (SSSR count). The van der Waals surface area contributed by atoms with Gasteiger partial charge in [0.05, 0.1) is 21.3 Å². The van der Waals surface area contributed by atoms with Crippen LogP contribution in [0.3, 0.4) is 0 Å². The molecular formula is C29H42N2O7S. The molecule has 10 heteroatoms. The van der Waals surface area contributed by atoms with Crippen LogP contribution >= 0.6 is 11.8 Å². The Labute approximate surface area is 235 Å². The van der Waals surface area contributed by atoms with Crippen molar-refractivity contribution in [2.45, 2.75) is 64.0 Å². The van der Waals surface area contributed by atoms with E-state index in [1.54, 1.807) is 11.8 Å². The SMILES string of the molecule is COc1cc(C(=O)N[C@H](CCSC)C(=O)OCC(=O)N[C@H](C)C23CC4CC(CC(C4)C2)C3)cc(OC)c1OC. The van der Waals surface area contributed by atoms with Gasteiger partial charge in [0.15, 0.2) is 18.1 Å². The summed E-state index contributed by atoms with van der Waals surface area (Å²) >= 11 is 1.55. The van der Waals surface area contributed by atoms with Crippen LogP contribution in [0.25, 0.3) is 0 Å². The third-order valence-electron chi connectivity index (χ3n) is 8.85. The number of carbonyl (C=O) groups is 3. The smallest absolute Gasteiger partial charge is 0.329 e. The molecule has 2 N–H and O–H groups in total. The van der Waals surface area contributed by atoms with Gasteiger partial charge in [-0.2, -0.15) is 11.8 Å². The number of hydrogen-bond donors (Lipinski definition) is 2. The number of benzene rings is 1. The summed E-state index contributed by atoms with van der Waals surface area (Å²) < 4.78 is 21.4. The highest BCUT2D eigenvalue weighted by atomic mass is 32.2. The van der Waals surface area contributed by atoms with Gasteiger partial charge < -0.3 is 29.6 Å². The molecule has 0 aromatic heterocycles. The van der Waals surface area contributed by atoms with Gasteiger partial charge in [0.1, 0.15) is 6.04 Å². The number of ether oxygens (including phenoxy) is 4. The molecule has 9 nitrogen and oxygen atoms in total. The summed E-state index contributed by atoms with van der Waals surface area (Å²) in [7, 11) is 4.41. The topological polar surface area (TPSA) is 112 Å². The van der Waals surface area contributed by atoms with Gasteiger partial charge in [-0.05, 0) is 99.2 Å². The Balaban J connectivity index is 1.35. The molecule has 216 valence electrons. The highest BCUT2D eigenvalue weighted by Gasteiger charge is 2.53. The van der Waals surface area contributed by atoms with Gasteiger partial charge in [-0.3, -0.25) is 9.59 Å². The zero-order chi connectivity index (χ0) is 28.2. The van der Waals surface area contributed by atoms with Crippen LogP contribution in [0.5, 0.6) is 17.2 Å². The van der Waals surface area contributed by atoms with Gasteiger partial charge in [-0.1, -0.05) is 0 Å². The van der Waals surface area contributed by atoms with Crippen molar-refractivity contribution in [1.82, 2.24) is 10.6 Å². The first kappa shape index (κ1) is 29.4. The van der Waals surface area contributed by atoms with Crippen molar-refractivity contribution in [1.29, 1.82) is 0 Å². The number of methoxy groups -OCH3 is 3. The lowest BCUT2D eigenvalue weighted by atomic mass is 9.48. The van der Waals surface area contributed by atoms with Crippen molar-refractivity contribution in [2.24, 2.45) is 23.2 Å². The van der Waals surface area contributed by atoms with Crippen LogP contribution < -0.4 is 24.8 Å². The molecular weight excluding hydrogens is 520 g/mol. The minimum Gasteiger partial charge on any atom is -0.493 e. The molecule has 0 spiro atoms. The predicted octanol–water partition coefficient (Wildman–Crippen LogP) is 3.83. The molecule has 4 saturated carbocycles. The highest BCUT2D eigenvalue weighted by molar-refractivity contribution is 7.98. The fourth-order valence-electron chi connectivity index (χ4n) is 7.32. The van der Waals surface area contributed by atoms with Crippen molar-refractivity contribution in [3.05, 3.63) is 17.7 Å². The van der Waals surface area contributed by atoms with Crippen LogP contribution in [0, 0.1) is 23.2 Å². The van der Waals surface area contributed by atoms with Gasteiger partial charge in [0, 0.05) is 11.6 Å². The van der Waals surface area contributed by atoms with Crippen molar-refractivity contribution >= 4 is 29.5 Å². The lowest BCUT2D eigenvalue weighted by Crippen LogP contribution is -2.56. The fraction of sp³-hybridized carbons (Fsp3) is 0.690. The molecule has 39 heavy (non-hydrogen) atoms. The van der Waals surface area contributed by atoms with E-state index in [9.17, 15) is 14.4 Å². The minimum atomic E-state index is -0.905. The average Bonchev–Trinajstić information content (AvgIpc) is 2.92. The van der Waals surface area contributed by atoms with Crippen LogP contribution in [0.4, 0.5) is 0 Å². The molecule has 0 radical (unpaired) electrons. The van der Waals surface area contributed by atoms with E-state index >= 15 is 0 Å². The second-order valence-electron chi connectivity index (χ2n) is 11.4. The molecule has 0 aliphatic heterocycles. The molecule has 0 heterocycles. The number of esters is 1. The molecule has 4 aliphatic rings. The molecule has 0 unspecified atom stereocenters. The molecule has 4 fully saturated rings. The summed E-state index contributed by atoms with van der Waals surface area (Å²) in [6.07, 6.45) is 9.87. The number of carbonyl (C=O) groups excluding carboxylic acids is 3. The average molecular weight is 563 g/mol. The second kappa shape index (κ2) is 12.7. The summed E-state index contributed by atoms with van der Waals surface area (Å²) in [4.78, 5) is 38.9. The van der Waals surface area contributed by atoms with Crippen molar-refractivity contribution < 1.29 is 33.3 Å². The summed E-state index contributed by atoms with van der Waals surface area (Å²) in [6, 6.07) is 2.18. The van der Waals surface area contributed by atoms with E-state index < -0.39 is 17.9 Å². The van der Waals surface area contributed by atoms with Gasteiger partial charge in [-0.15, -0.1) is 0 Å². The summed E-state index contributed by atoms with van der Waals surface area (Å²) in [5.74, 6) is 2.60. The summed E-state index contributed by atoms with van der Waals surface area (Å²) in [6.45, 7) is 1.73. The monoisotopic (exact) mass is 562 g/mol. The van der Waals surface area contributed by atoms with Crippen molar-refractivity contribution in [3.8, 4) is 17.2 Å². The van der Waals surface area contributed by atoms with E-state index in [1.165, 1.54) is 72.0 Å². The normalized spacial score (nSPS) is 26.3.